The van der Waals surface area contributed by atoms with Gasteiger partial charge < -0.3 is 15.2 Å². The number of hydrogen-bond acceptors (Lipinski definition) is 5. The van der Waals surface area contributed by atoms with Crippen LogP contribution in [0.1, 0.15) is 26.6 Å². The van der Waals surface area contributed by atoms with E-state index in [0.717, 1.165) is 0 Å². The molecular formula is C11H19N3O2. The lowest BCUT2D eigenvalue weighted by Gasteiger charge is -2.19. The second-order valence-electron chi connectivity index (χ2n) is 4.49. The Kier molecular flexibility index (Phi) is 4.06. The summed E-state index contributed by atoms with van der Waals surface area (Å²) in [5.41, 5.74) is 5.42. The molecule has 90 valence electrons. The van der Waals surface area contributed by atoms with Gasteiger partial charge in [0, 0.05) is 6.07 Å². The Balaban J connectivity index is 2.37. The molecule has 2 N–H and O–H groups in total. The Morgan fingerprint density at radius 2 is 1.94 bits per heavy atom. The molecule has 0 bridgehead atoms. The Morgan fingerprint density at radius 3 is 2.50 bits per heavy atom. The van der Waals surface area contributed by atoms with Crippen LogP contribution in [-0.2, 0) is 4.74 Å². The lowest BCUT2D eigenvalue weighted by Crippen LogP contribution is -2.22. The topological polar surface area (TPSA) is 70.3 Å². The maximum atomic E-state index is 5.57. The number of nitrogens with zero attached hydrogens (tertiary/aromatic N) is 2. The molecule has 1 heterocycles. The molecule has 0 atom stereocenters. The van der Waals surface area contributed by atoms with Crippen molar-refractivity contribution < 1.29 is 9.47 Å². The highest BCUT2D eigenvalue weighted by molar-refractivity contribution is 5.32. The highest BCUT2D eigenvalue weighted by Gasteiger charge is 2.09. The van der Waals surface area contributed by atoms with Crippen LogP contribution >= 0.6 is 0 Å². The van der Waals surface area contributed by atoms with Gasteiger partial charge in [-0.3, -0.25) is 0 Å². The SMILES string of the molecule is Cc1nc(N)cc(OCCOC(C)(C)C)n1. The van der Waals surface area contributed by atoms with Gasteiger partial charge in [-0.15, -0.1) is 0 Å². The van der Waals surface area contributed by atoms with Crippen molar-refractivity contribution in [3.05, 3.63) is 11.9 Å². The lowest BCUT2D eigenvalue weighted by molar-refractivity contribution is -0.0168. The van der Waals surface area contributed by atoms with E-state index in [4.69, 9.17) is 15.2 Å². The molecule has 0 unspecified atom stereocenters. The third-order valence-electron chi connectivity index (χ3n) is 1.70. The largest absolute Gasteiger partial charge is 0.475 e. The van der Waals surface area contributed by atoms with Crippen LogP contribution in [0.3, 0.4) is 0 Å². The number of rotatable bonds is 4. The van der Waals surface area contributed by atoms with E-state index < -0.39 is 0 Å². The van der Waals surface area contributed by atoms with Crippen LogP contribution in [-0.4, -0.2) is 28.8 Å². The second kappa shape index (κ2) is 5.12. The Morgan fingerprint density at radius 1 is 1.25 bits per heavy atom. The van der Waals surface area contributed by atoms with Crippen LogP contribution in [0.25, 0.3) is 0 Å². The van der Waals surface area contributed by atoms with Crippen LogP contribution in [0.4, 0.5) is 5.82 Å². The van der Waals surface area contributed by atoms with Gasteiger partial charge in [-0.1, -0.05) is 0 Å². The van der Waals surface area contributed by atoms with Gasteiger partial charge >= 0.3 is 0 Å². The van der Waals surface area contributed by atoms with Gasteiger partial charge in [0.2, 0.25) is 5.88 Å². The zero-order valence-corrected chi connectivity index (χ0v) is 10.3. The zero-order chi connectivity index (χ0) is 12.2. The molecule has 1 aromatic rings. The summed E-state index contributed by atoms with van der Waals surface area (Å²) in [6.45, 7) is 8.74. The molecule has 5 heteroatoms. The fourth-order valence-corrected chi connectivity index (χ4v) is 1.13. The summed E-state index contributed by atoms with van der Waals surface area (Å²) < 4.78 is 10.9. The number of aromatic nitrogens is 2. The molecule has 0 aromatic carbocycles. The van der Waals surface area contributed by atoms with E-state index in [0.29, 0.717) is 30.7 Å². The maximum absolute atomic E-state index is 5.57. The summed E-state index contributed by atoms with van der Waals surface area (Å²) in [5, 5.41) is 0. The molecule has 1 aromatic heterocycles. The summed E-state index contributed by atoms with van der Waals surface area (Å²) in [4.78, 5) is 8.06. The molecule has 0 saturated carbocycles. The molecule has 1 rings (SSSR count). The smallest absolute Gasteiger partial charge is 0.218 e. The highest BCUT2D eigenvalue weighted by Crippen LogP contribution is 2.11. The van der Waals surface area contributed by atoms with E-state index in [1.807, 2.05) is 20.8 Å². The molecule has 0 radical (unpaired) electrons. The Bertz CT molecular complexity index is 327. The number of hydrogen-bond donors (Lipinski definition) is 1. The summed E-state index contributed by atoms with van der Waals surface area (Å²) >= 11 is 0. The van der Waals surface area contributed by atoms with Crippen LogP contribution in [0.15, 0.2) is 6.07 Å². The quantitative estimate of drug-likeness (QED) is 0.787. The van der Waals surface area contributed by atoms with Crippen molar-refractivity contribution in [3.63, 3.8) is 0 Å². The first kappa shape index (κ1) is 12.7. The monoisotopic (exact) mass is 225 g/mol. The third-order valence-corrected chi connectivity index (χ3v) is 1.70. The van der Waals surface area contributed by atoms with Gasteiger partial charge in [0.1, 0.15) is 18.2 Å². The highest BCUT2D eigenvalue weighted by atomic mass is 16.5. The van der Waals surface area contributed by atoms with Crippen molar-refractivity contribution in [2.45, 2.75) is 33.3 Å². The van der Waals surface area contributed by atoms with Crippen LogP contribution in [0, 0.1) is 6.92 Å². The Labute approximate surface area is 96.0 Å². The normalized spacial score (nSPS) is 11.5. The van der Waals surface area contributed by atoms with Crippen molar-refractivity contribution in [2.75, 3.05) is 18.9 Å². The second-order valence-corrected chi connectivity index (χ2v) is 4.49. The van der Waals surface area contributed by atoms with E-state index in [2.05, 4.69) is 9.97 Å². The molecule has 0 fully saturated rings. The minimum atomic E-state index is -0.149. The zero-order valence-electron chi connectivity index (χ0n) is 10.3. The number of ether oxygens (including phenoxy) is 2. The first-order valence-corrected chi connectivity index (χ1v) is 5.25. The minimum absolute atomic E-state index is 0.149. The number of aryl methyl sites for hydroxylation is 1. The van der Waals surface area contributed by atoms with Gasteiger partial charge in [0.05, 0.1) is 12.2 Å². The molecule has 0 saturated heterocycles. The Hall–Kier alpha value is -1.36. The van der Waals surface area contributed by atoms with Crippen molar-refractivity contribution >= 4 is 5.82 Å². The number of anilines is 1. The van der Waals surface area contributed by atoms with E-state index in [1.54, 1.807) is 13.0 Å². The minimum Gasteiger partial charge on any atom is -0.475 e. The van der Waals surface area contributed by atoms with Gasteiger partial charge in [0.25, 0.3) is 0 Å². The van der Waals surface area contributed by atoms with Crippen LogP contribution in [0.2, 0.25) is 0 Å². The summed E-state index contributed by atoms with van der Waals surface area (Å²) in [5.74, 6) is 1.51. The molecule has 0 aliphatic rings. The van der Waals surface area contributed by atoms with E-state index in [-0.39, 0.29) is 5.60 Å². The van der Waals surface area contributed by atoms with Gasteiger partial charge in [-0.05, 0) is 27.7 Å². The molecule has 0 spiro atoms. The fraction of sp³-hybridized carbons (Fsp3) is 0.636. The fourth-order valence-electron chi connectivity index (χ4n) is 1.13. The third kappa shape index (κ3) is 4.93. The van der Waals surface area contributed by atoms with Crippen molar-refractivity contribution in [1.82, 2.24) is 9.97 Å². The predicted molar refractivity (Wildman–Crippen MR) is 62.4 cm³/mol. The average molecular weight is 225 g/mol. The van der Waals surface area contributed by atoms with Gasteiger partial charge in [-0.2, -0.15) is 4.98 Å². The number of nitrogens with two attached hydrogens (primary N) is 1. The van der Waals surface area contributed by atoms with Crippen LogP contribution in [0.5, 0.6) is 5.88 Å². The first-order chi connectivity index (χ1) is 7.37. The molecule has 5 nitrogen and oxygen atoms in total. The summed E-state index contributed by atoms with van der Waals surface area (Å²) in [6, 6.07) is 1.60. The lowest BCUT2D eigenvalue weighted by atomic mass is 10.2. The van der Waals surface area contributed by atoms with Gasteiger partial charge in [-0.25, -0.2) is 4.98 Å². The van der Waals surface area contributed by atoms with E-state index in [9.17, 15) is 0 Å². The van der Waals surface area contributed by atoms with E-state index in [1.165, 1.54) is 0 Å². The average Bonchev–Trinajstić information content (AvgIpc) is 2.09. The molecule has 0 amide bonds. The molecule has 0 aliphatic heterocycles. The van der Waals surface area contributed by atoms with Crippen molar-refractivity contribution in [3.8, 4) is 5.88 Å². The van der Waals surface area contributed by atoms with Gasteiger partial charge in [0.15, 0.2) is 0 Å². The summed E-state index contributed by atoms with van der Waals surface area (Å²) in [6.07, 6.45) is 0. The van der Waals surface area contributed by atoms with Crippen molar-refractivity contribution in [1.29, 1.82) is 0 Å². The molecule has 0 aliphatic carbocycles. The molecular weight excluding hydrogens is 206 g/mol. The first-order valence-electron chi connectivity index (χ1n) is 5.25. The van der Waals surface area contributed by atoms with Crippen LogP contribution < -0.4 is 10.5 Å². The van der Waals surface area contributed by atoms with Crippen molar-refractivity contribution in [2.24, 2.45) is 0 Å². The predicted octanol–water partition coefficient (Wildman–Crippen LogP) is 1.56. The standard InChI is InChI=1S/C11H19N3O2/c1-8-13-9(12)7-10(14-8)15-5-6-16-11(2,3)4/h7H,5-6H2,1-4H3,(H2,12,13,14). The maximum Gasteiger partial charge on any atom is 0.218 e. The van der Waals surface area contributed by atoms with E-state index >= 15 is 0 Å². The number of nitrogen functional groups attached to an aromatic ring is 1. The molecule has 16 heavy (non-hydrogen) atoms. The summed E-state index contributed by atoms with van der Waals surface area (Å²) in [7, 11) is 0.